The third-order valence-electron chi connectivity index (χ3n) is 3.00. The molecule has 4 N–H and O–H groups in total. The van der Waals surface area contributed by atoms with Gasteiger partial charge in [0, 0.05) is 17.5 Å². The highest BCUT2D eigenvalue weighted by atomic mass is 32.2. The third-order valence-corrected chi connectivity index (χ3v) is 4.31. The van der Waals surface area contributed by atoms with Gasteiger partial charge in [-0.25, -0.2) is 0 Å². The molecule has 0 amide bonds. The molecule has 1 unspecified atom stereocenters. The van der Waals surface area contributed by atoms with E-state index in [1.165, 1.54) is 11.8 Å². The van der Waals surface area contributed by atoms with Gasteiger partial charge in [0.1, 0.15) is 5.82 Å². The first-order valence-corrected chi connectivity index (χ1v) is 6.16. The SMILES string of the molecule is N#CC1=C(N)SC(=S)C2=C(N)n3cccc3C12. The van der Waals surface area contributed by atoms with Crippen molar-refractivity contribution in [2.45, 2.75) is 5.92 Å². The largest absolute Gasteiger partial charge is 0.392 e. The molecule has 2 aliphatic heterocycles. The molecule has 4 nitrogen and oxygen atoms in total. The molecule has 1 aromatic heterocycles. The molecule has 0 aliphatic carbocycles. The van der Waals surface area contributed by atoms with E-state index < -0.39 is 0 Å². The predicted octanol–water partition coefficient (Wildman–Crippen LogP) is 1.48. The Labute approximate surface area is 108 Å². The fourth-order valence-electron chi connectivity index (χ4n) is 2.26. The van der Waals surface area contributed by atoms with Crippen molar-refractivity contribution < 1.29 is 0 Å². The standard InChI is InChI=1S/C11H8N4S2/c12-4-5-7-6-2-1-3-15(6)9(13)8(7)11(16)17-10(5)14/h1-3,7H,13-14H2. The van der Waals surface area contributed by atoms with Crippen molar-refractivity contribution in [3.05, 3.63) is 40.2 Å². The van der Waals surface area contributed by atoms with Crippen LogP contribution in [0, 0.1) is 11.3 Å². The number of nitrogens with zero attached hydrogens (tertiary/aromatic N) is 2. The second kappa shape index (κ2) is 3.39. The minimum Gasteiger partial charge on any atom is -0.392 e. The molecule has 0 spiro atoms. The number of hydrogen-bond donors (Lipinski definition) is 2. The van der Waals surface area contributed by atoms with Crippen LogP contribution in [0.25, 0.3) is 5.82 Å². The number of allylic oxidation sites excluding steroid dienone is 1. The monoisotopic (exact) mass is 260 g/mol. The minimum atomic E-state index is -0.191. The Kier molecular flexibility index (Phi) is 2.08. The van der Waals surface area contributed by atoms with Crippen LogP contribution in [0.5, 0.6) is 0 Å². The first kappa shape index (κ1) is 10.4. The summed E-state index contributed by atoms with van der Waals surface area (Å²) in [6, 6.07) is 6.00. The van der Waals surface area contributed by atoms with E-state index in [9.17, 15) is 5.26 Å². The summed E-state index contributed by atoms with van der Waals surface area (Å²) in [5.74, 6) is 0.413. The average Bonchev–Trinajstić information content (AvgIpc) is 2.83. The molecule has 2 aliphatic rings. The van der Waals surface area contributed by atoms with Gasteiger partial charge in [-0.1, -0.05) is 24.0 Å². The van der Waals surface area contributed by atoms with Gasteiger partial charge in [0.05, 0.1) is 26.8 Å². The van der Waals surface area contributed by atoms with Crippen molar-refractivity contribution >= 4 is 34.0 Å². The van der Waals surface area contributed by atoms with Gasteiger partial charge in [0.15, 0.2) is 0 Å². The van der Waals surface area contributed by atoms with Crippen LogP contribution in [0.1, 0.15) is 11.6 Å². The van der Waals surface area contributed by atoms with Crippen LogP contribution in [0.2, 0.25) is 0 Å². The van der Waals surface area contributed by atoms with Gasteiger partial charge >= 0.3 is 0 Å². The zero-order valence-electron chi connectivity index (χ0n) is 8.68. The van der Waals surface area contributed by atoms with Gasteiger partial charge in [0.2, 0.25) is 0 Å². The summed E-state index contributed by atoms with van der Waals surface area (Å²) >= 11 is 6.54. The maximum absolute atomic E-state index is 9.23. The molecule has 0 radical (unpaired) electrons. The molecule has 3 heterocycles. The summed E-state index contributed by atoms with van der Waals surface area (Å²) in [7, 11) is 0. The van der Waals surface area contributed by atoms with Gasteiger partial charge in [0.25, 0.3) is 0 Å². The van der Waals surface area contributed by atoms with Gasteiger partial charge in [-0.05, 0) is 12.1 Å². The lowest BCUT2D eigenvalue weighted by Gasteiger charge is -2.21. The molecule has 17 heavy (non-hydrogen) atoms. The number of nitrogens with two attached hydrogens (primary N) is 2. The quantitative estimate of drug-likeness (QED) is 0.691. The summed E-state index contributed by atoms with van der Waals surface area (Å²) in [6.07, 6.45) is 1.87. The lowest BCUT2D eigenvalue weighted by molar-refractivity contribution is 0.943. The Morgan fingerprint density at radius 2 is 2.24 bits per heavy atom. The predicted molar refractivity (Wildman–Crippen MR) is 71.6 cm³/mol. The highest BCUT2D eigenvalue weighted by molar-refractivity contribution is 8.26. The highest BCUT2D eigenvalue weighted by Crippen LogP contribution is 2.48. The van der Waals surface area contributed by atoms with Crippen molar-refractivity contribution in [3.8, 4) is 6.07 Å². The molecular weight excluding hydrogens is 252 g/mol. The molecule has 0 aromatic carbocycles. The van der Waals surface area contributed by atoms with Crippen LogP contribution in [-0.2, 0) is 0 Å². The molecule has 6 heteroatoms. The third kappa shape index (κ3) is 1.21. The molecule has 0 bridgehead atoms. The summed E-state index contributed by atoms with van der Waals surface area (Å²) in [4.78, 5) is 0. The highest BCUT2D eigenvalue weighted by Gasteiger charge is 2.39. The number of fused-ring (bicyclic) bond motifs is 3. The van der Waals surface area contributed by atoms with E-state index >= 15 is 0 Å². The zero-order chi connectivity index (χ0) is 12.2. The van der Waals surface area contributed by atoms with Crippen LogP contribution in [0.4, 0.5) is 0 Å². The Morgan fingerprint density at radius 3 is 2.94 bits per heavy atom. The van der Waals surface area contributed by atoms with E-state index in [2.05, 4.69) is 6.07 Å². The normalized spacial score (nSPS) is 22.5. The maximum Gasteiger partial charge on any atom is 0.113 e. The zero-order valence-corrected chi connectivity index (χ0v) is 10.3. The van der Waals surface area contributed by atoms with E-state index in [-0.39, 0.29) is 5.92 Å². The topological polar surface area (TPSA) is 80.8 Å². The Hall–Kier alpha value is -1.71. The summed E-state index contributed by atoms with van der Waals surface area (Å²) in [5, 5.41) is 9.71. The van der Waals surface area contributed by atoms with Crippen LogP contribution in [0.3, 0.4) is 0 Å². The van der Waals surface area contributed by atoms with Crippen LogP contribution in [-0.4, -0.2) is 8.76 Å². The van der Waals surface area contributed by atoms with E-state index in [0.29, 0.717) is 20.6 Å². The van der Waals surface area contributed by atoms with Gasteiger partial charge in [-0.3, -0.25) is 0 Å². The van der Waals surface area contributed by atoms with Gasteiger partial charge in [-0.2, -0.15) is 5.26 Å². The number of thioether (sulfide) groups is 1. The van der Waals surface area contributed by atoms with E-state index in [1.54, 1.807) is 0 Å². The van der Waals surface area contributed by atoms with Crippen LogP contribution < -0.4 is 11.5 Å². The first-order valence-electron chi connectivity index (χ1n) is 4.94. The smallest absolute Gasteiger partial charge is 0.113 e. The first-order chi connectivity index (χ1) is 8.15. The average molecular weight is 260 g/mol. The molecule has 0 saturated heterocycles. The van der Waals surface area contributed by atoms with Crippen molar-refractivity contribution in [1.29, 1.82) is 5.26 Å². The second-order valence-corrected chi connectivity index (χ2v) is 5.53. The number of nitriles is 1. The number of aromatic nitrogens is 1. The van der Waals surface area contributed by atoms with Gasteiger partial charge in [-0.15, -0.1) is 0 Å². The minimum absolute atomic E-state index is 0.191. The summed E-state index contributed by atoms with van der Waals surface area (Å²) in [6.45, 7) is 0. The number of rotatable bonds is 0. The van der Waals surface area contributed by atoms with Crippen molar-refractivity contribution in [3.63, 3.8) is 0 Å². The van der Waals surface area contributed by atoms with Crippen LogP contribution in [0.15, 0.2) is 34.5 Å². The summed E-state index contributed by atoms with van der Waals surface area (Å²) < 4.78 is 2.52. The van der Waals surface area contributed by atoms with Crippen molar-refractivity contribution in [1.82, 2.24) is 4.57 Å². The summed E-state index contributed by atoms with van der Waals surface area (Å²) in [5.41, 5.74) is 14.3. The van der Waals surface area contributed by atoms with Crippen molar-refractivity contribution in [2.75, 3.05) is 0 Å². The molecule has 84 valence electrons. The second-order valence-electron chi connectivity index (χ2n) is 3.81. The lowest BCUT2D eigenvalue weighted by atomic mass is 9.91. The fraction of sp³-hybridized carbons (Fsp3) is 0.0909. The van der Waals surface area contributed by atoms with Crippen molar-refractivity contribution in [2.24, 2.45) is 11.5 Å². The molecule has 1 atom stereocenters. The Bertz CT molecular complexity index is 645. The fourth-order valence-corrected chi connectivity index (χ4v) is 3.56. The number of hydrogen-bond acceptors (Lipinski definition) is 5. The molecule has 1 aromatic rings. The van der Waals surface area contributed by atoms with Gasteiger partial charge < -0.3 is 16.0 Å². The van der Waals surface area contributed by atoms with Crippen LogP contribution >= 0.6 is 24.0 Å². The molecular formula is C11H8N4S2. The van der Waals surface area contributed by atoms with E-state index in [4.69, 9.17) is 23.7 Å². The lowest BCUT2D eigenvalue weighted by Crippen LogP contribution is -2.18. The van der Waals surface area contributed by atoms with E-state index in [0.717, 1.165) is 11.3 Å². The van der Waals surface area contributed by atoms with E-state index in [1.807, 2.05) is 22.9 Å². The maximum atomic E-state index is 9.23. The molecule has 3 rings (SSSR count). The Balaban J connectivity index is 2.33. The molecule has 0 fully saturated rings. The number of thiocarbonyl (C=S) groups is 1. The molecule has 0 saturated carbocycles. The Morgan fingerprint density at radius 1 is 1.47 bits per heavy atom.